The molecule has 0 aliphatic heterocycles. The number of nitriles is 2. The second-order valence-electron chi connectivity index (χ2n) is 3.72. The van der Waals surface area contributed by atoms with E-state index in [-0.39, 0.29) is 5.57 Å². The van der Waals surface area contributed by atoms with Gasteiger partial charge in [0.25, 0.3) is 0 Å². The first kappa shape index (κ1) is 12.8. The molecule has 1 aromatic carbocycles. The number of hydrogen-bond donors (Lipinski definition) is 1. The number of nitrogens with one attached hydrogen (secondary N) is 1. The molecule has 4 nitrogen and oxygen atoms in total. The molecule has 0 fully saturated rings. The van der Waals surface area contributed by atoms with Gasteiger partial charge in [0, 0.05) is 23.7 Å². The Bertz CT molecular complexity index is 643. The van der Waals surface area contributed by atoms with Crippen LogP contribution in [-0.4, -0.2) is 4.98 Å². The van der Waals surface area contributed by atoms with Gasteiger partial charge in [0.05, 0.1) is 0 Å². The van der Waals surface area contributed by atoms with Crippen molar-refractivity contribution >= 4 is 16.5 Å². The largest absolute Gasteiger partial charge is 0.336 e. The molecule has 0 unspecified atom stereocenters. The first-order chi connectivity index (χ1) is 9.31. The van der Waals surface area contributed by atoms with Gasteiger partial charge in [-0.2, -0.15) is 10.5 Å². The van der Waals surface area contributed by atoms with Crippen molar-refractivity contribution in [1.82, 2.24) is 4.98 Å². The fourth-order valence-corrected chi connectivity index (χ4v) is 2.29. The third kappa shape index (κ3) is 3.67. The molecule has 0 aliphatic rings. The van der Waals surface area contributed by atoms with Gasteiger partial charge in [-0.05, 0) is 5.56 Å². The van der Waals surface area contributed by atoms with Crippen LogP contribution in [0, 0.1) is 22.7 Å². The molecule has 1 heterocycles. The summed E-state index contributed by atoms with van der Waals surface area (Å²) in [6.45, 7) is 0. The fraction of sp³-hybridized carbons (Fsp3) is 0.0714. The van der Waals surface area contributed by atoms with Crippen molar-refractivity contribution in [2.45, 2.75) is 6.42 Å². The molecule has 1 aromatic heterocycles. The number of rotatable bonds is 4. The summed E-state index contributed by atoms with van der Waals surface area (Å²) in [7, 11) is 0. The van der Waals surface area contributed by atoms with Crippen molar-refractivity contribution in [3.05, 3.63) is 58.7 Å². The summed E-state index contributed by atoms with van der Waals surface area (Å²) < 4.78 is 0. The maximum absolute atomic E-state index is 8.61. The molecule has 0 atom stereocenters. The highest BCUT2D eigenvalue weighted by Gasteiger charge is 2.02. The number of nitrogens with zero attached hydrogens (tertiary/aromatic N) is 3. The number of anilines is 1. The van der Waals surface area contributed by atoms with Crippen LogP contribution in [0.25, 0.3) is 0 Å². The zero-order chi connectivity index (χ0) is 13.5. The Morgan fingerprint density at radius 3 is 2.68 bits per heavy atom. The molecule has 19 heavy (non-hydrogen) atoms. The second-order valence-corrected chi connectivity index (χ2v) is 4.84. The van der Waals surface area contributed by atoms with E-state index in [4.69, 9.17) is 10.5 Å². The summed E-state index contributed by atoms with van der Waals surface area (Å²) >= 11 is 1.51. The summed E-state index contributed by atoms with van der Waals surface area (Å²) in [5.41, 5.74) is 1.25. The van der Waals surface area contributed by atoms with E-state index in [1.165, 1.54) is 23.1 Å². The van der Waals surface area contributed by atoms with E-state index >= 15 is 0 Å². The first-order valence-electron chi connectivity index (χ1n) is 5.57. The van der Waals surface area contributed by atoms with Crippen LogP contribution in [0.5, 0.6) is 0 Å². The van der Waals surface area contributed by atoms with Crippen LogP contribution in [-0.2, 0) is 6.42 Å². The van der Waals surface area contributed by atoms with Gasteiger partial charge in [0.2, 0.25) is 0 Å². The first-order valence-corrected chi connectivity index (χ1v) is 6.39. The van der Waals surface area contributed by atoms with Crippen molar-refractivity contribution in [2.24, 2.45) is 0 Å². The normalized spacial score (nSPS) is 9.16. The Hall–Kier alpha value is -2.63. The highest BCUT2D eigenvalue weighted by atomic mass is 32.1. The molecule has 0 bridgehead atoms. The van der Waals surface area contributed by atoms with Gasteiger partial charge >= 0.3 is 0 Å². The molecular formula is C14H10N4S. The quantitative estimate of drug-likeness (QED) is 0.863. The second kappa shape index (κ2) is 6.34. The van der Waals surface area contributed by atoms with E-state index in [0.29, 0.717) is 5.13 Å². The van der Waals surface area contributed by atoms with E-state index < -0.39 is 0 Å². The number of benzene rings is 1. The van der Waals surface area contributed by atoms with Crippen molar-refractivity contribution in [3.63, 3.8) is 0 Å². The summed E-state index contributed by atoms with van der Waals surface area (Å²) in [6.07, 6.45) is 3.99. The molecule has 0 saturated carbocycles. The van der Waals surface area contributed by atoms with Crippen molar-refractivity contribution in [3.8, 4) is 12.1 Å². The minimum Gasteiger partial charge on any atom is -0.336 e. The van der Waals surface area contributed by atoms with Crippen molar-refractivity contribution in [1.29, 1.82) is 10.5 Å². The Morgan fingerprint density at radius 2 is 2.00 bits per heavy atom. The Kier molecular flexibility index (Phi) is 4.28. The highest BCUT2D eigenvalue weighted by molar-refractivity contribution is 7.15. The van der Waals surface area contributed by atoms with Crippen molar-refractivity contribution < 1.29 is 0 Å². The monoisotopic (exact) mass is 266 g/mol. The number of hydrogen-bond acceptors (Lipinski definition) is 5. The molecule has 5 heteroatoms. The molecule has 0 aliphatic carbocycles. The Balaban J connectivity index is 2.03. The Labute approximate surface area is 115 Å². The van der Waals surface area contributed by atoms with E-state index in [9.17, 15) is 0 Å². The molecule has 0 spiro atoms. The van der Waals surface area contributed by atoms with Crippen LogP contribution in [0.4, 0.5) is 5.13 Å². The molecule has 2 rings (SSSR count). The average molecular weight is 266 g/mol. The van der Waals surface area contributed by atoms with Gasteiger partial charge in [-0.15, -0.1) is 11.3 Å². The van der Waals surface area contributed by atoms with Gasteiger partial charge in [0.15, 0.2) is 5.13 Å². The maximum atomic E-state index is 8.61. The topological polar surface area (TPSA) is 72.5 Å². The van der Waals surface area contributed by atoms with Crippen LogP contribution >= 0.6 is 11.3 Å². The van der Waals surface area contributed by atoms with E-state index in [2.05, 4.69) is 22.4 Å². The lowest BCUT2D eigenvalue weighted by Crippen LogP contribution is -1.87. The standard InChI is InChI=1S/C14H10N4S/c15-7-12(8-16)9-17-14-18-10-13(19-14)6-11-4-2-1-3-5-11/h1-5,9-10H,6H2,(H,17,18). The van der Waals surface area contributed by atoms with Gasteiger partial charge in [-0.3, -0.25) is 0 Å². The van der Waals surface area contributed by atoms with Crippen LogP contribution < -0.4 is 5.32 Å². The van der Waals surface area contributed by atoms with Gasteiger partial charge < -0.3 is 5.32 Å². The molecular weight excluding hydrogens is 256 g/mol. The minimum atomic E-state index is 0.0276. The van der Waals surface area contributed by atoms with Gasteiger partial charge in [-0.1, -0.05) is 30.3 Å². The Morgan fingerprint density at radius 1 is 1.26 bits per heavy atom. The third-order valence-electron chi connectivity index (χ3n) is 2.36. The van der Waals surface area contributed by atoms with Crippen molar-refractivity contribution in [2.75, 3.05) is 5.32 Å². The van der Waals surface area contributed by atoms with Crippen LogP contribution in [0.2, 0.25) is 0 Å². The zero-order valence-electron chi connectivity index (χ0n) is 10.00. The molecule has 0 radical (unpaired) electrons. The summed E-state index contributed by atoms with van der Waals surface area (Å²) in [4.78, 5) is 5.32. The SMILES string of the molecule is N#CC(C#N)=CNc1ncc(Cc2ccccc2)s1. The summed E-state index contributed by atoms with van der Waals surface area (Å²) in [6, 6.07) is 13.7. The lowest BCUT2D eigenvalue weighted by molar-refractivity contribution is 1.22. The summed E-state index contributed by atoms with van der Waals surface area (Å²) in [5, 5.41) is 20.7. The number of thiazole rings is 1. The number of aromatic nitrogens is 1. The number of allylic oxidation sites excluding steroid dienone is 1. The predicted molar refractivity (Wildman–Crippen MR) is 74.3 cm³/mol. The van der Waals surface area contributed by atoms with Gasteiger partial charge in [-0.25, -0.2) is 4.98 Å². The molecule has 0 amide bonds. The lowest BCUT2D eigenvalue weighted by Gasteiger charge is -1.96. The van der Waals surface area contributed by atoms with Crippen LogP contribution in [0.15, 0.2) is 48.3 Å². The molecule has 92 valence electrons. The maximum Gasteiger partial charge on any atom is 0.186 e. The lowest BCUT2D eigenvalue weighted by atomic mass is 10.1. The smallest absolute Gasteiger partial charge is 0.186 e. The summed E-state index contributed by atoms with van der Waals surface area (Å²) in [5.74, 6) is 0. The molecule has 2 aromatic rings. The van der Waals surface area contributed by atoms with E-state index in [1.807, 2.05) is 18.2 Å². The van der Waals surface area contributed by atoms with Crippen LogP contribution in [0.1, 0.15) is 10.4 Å². The fourth-order valence-electron chi connectivity index (χ4n) is 1.48. The van der Waals surface area contributed by atoms with Gasteiger partial charge in [0.1, 0.15) is 17.7 Å². The molecule has 0 saturated heterocycles. The van der Waals surface area contributed by atoms with Crippen LogP contribution in [0.3, 0.4) is 0 Å². The van der Waals surface area contributed by atoms with E-state index in [1.54, 1.807) is 18.3 Å². The van der Waals surface area contributed by atoms with E-state index in [0.717, 1.165) is 11.3 Å². The molecule has 1 N–H and O–H groups in total. The zero-order valence-corrected chi connectivity index (χ0v) is 10.8. The third-order valence-corrected chi connectivity index (χ3v) is 3.28. The predicted octanol–water partition coefficient (Wildman–Crippen LogP) is 3.08. The highest BCUT2D eigenvalue weighted by Crippen LogP contribution is 2.21. The average Bonchev–Trinajstić information content (AvgIpc) is 2.89. The minimum absolute atomic E-state index is 0.0276.